The Morgan fingerprint density at radius 1 is 1.25 bits per heavy atom. The molecule has 1 unspecified atom stereocenters. The third kappa shape index (κ3) is 0.675. The second-order valence-electron chi connectivity index (χ2n) is 4.83. The Kier molecular flexibility index (Phi) is 1.35. The number of fused-ring (bicyclic) bond motifs is 1. The SMILES string of the molecule is CC1=C(C)[C@@H]2CC(C1=O)C2(C)C. The van der Waals surface area contributed by atoms with Gasteiger partial charge in [0.1, 0.15) is 0 Å². The van der Waals surface area contributed by atoms with Crippen LogP contribution < -0.4 is 0 Å². The van der Waals surface area contributed by atoms with E-state index in [1.54, 1.807) is 0 Å². The van der Waals surface area contributed by atoms with Gasteiger partial charge in [0.15, 0.2) is 5.78 Å². The monoisotopic (exact) mass is 164 g/mol. The van der Waals surface area contributed by atoms with Gasteiger partial charge in [-0.3, -0.25) is 4.79 Å². The fourth-order valence-electron chi connectivity index (χ4n) is 2.82. The van der Waals surface area contributed by atoms with Crippen LogP contribution in [0.25, 0.3) is 0 Å². The molecule has 2 bridgehead atoms. The van der Waals surface area contributed by atoms with E-state index in [1.165, 1.54) is 5.57 Å². The quantitative estimate of drug-likeness (QED) is 0.537. The molecule has 0 saturated heterocycles. The summed E-state index contributed by atoms with van der Waals surface area (Å²) in [5.41, 5.74) is 2.63. The lowest BCUT2D eigenvalue weighted by Crippen LogP contribution is -2.53. The van der Waals surface area contributed by atoms with Crippen LogP contribution in [0.4, 0.5) is 0 Å². The molecule has 0 aromatic rings. The Balaban J connectivity index is 2.48. The molecular weight excluding hydrogens is 148 g/mol. The van der Waals surface area contributed by atoms with Crippen LogP contribution in [0.2, 0.25) is 0 Å². The molecule has 0 amide bonds. The zero-order chi connectivity index (χ0) is 9.09. The Bertz CT molecular complexity index is 283. The van der Waals surface area contributed by atoms with Crippen molar-refractivity contribution in [2.24, 2.45) is 17.3 Å². The maximum absolute atomic E-state index is 11.7. The number of hydrogen-bond acceptors (Lipinski definition) is 1. The van der Waals surface area contributed by atoms with Crippen LogP contribution in [0.15, 0.2) is 11.1 Å². The Morgan fingerprint density at radius 3 is 2.25 bits per heavy atom. The minimum absolute atomic E-state index is 0.251. The molecule has 3 aliphatic rings. The molecule has 1 fully saturated rings. The first-order valence-electron chi connectivity index (χ1n) is 4.68. The number of hydrogen-bond donors (Lipinski definition) is 0. The summed E-state index contributed by atoms with van der Waals surface area (Å²) in [5, 5.41) is 0. The summed E-state index contributed by atoms with van der Waals surface area (Å²) in [6, 6.07) is 0. The first-order valence-corrected chi connectivity index (χ1v) is 4.68. The van der Waals surface area contributed by atoms with Crippen LogP contribution in [-0.2, 0) is 4.79 Å². The lowest BCUT2D eigenvalue weighted by atomic mass is 9.47. The van der Waals surface area contributed by atoms with Gasteiger partial charge in [-0.25, -0.2) is 0 Å². The van der Waals surface area contributed by atoms with Crippen molar-refractivity contribution in [1.29, 1.82) is 0 Å². The van der Waals surface area contributed by atoms with Gasteiger partial charge in [0.25, 0.3) is 0 Å². The van der Waals surface area contributed by atoms with Crippen molar-refractivity contribution < 1.29 is 4.79 Å². The van der Waals surface area contributed by atoms with Gasteiger partial charge in [-0.2, -0.15) is 0 Å². The van der Waals surface area contributed by atoms with Gasteiger partial charge < -0.3 is 0 Å². The Morgan fingerprint density at radius 2 is 1.83 bits per heavy atom. The van der Waals surface area contributed by atoms with E-state index in [0.717, 1.165) is 12.0 Å². The Hall–Kier alpha value is -0.590. The van der Waals surface area contributed by atoms with Crippen LogP contribution >= 0.6 is 0 Å². The molecule has 1 saturated carbocycles. The zero-order valence-corrected chi connectivity index (χ0v) is 8.27. The molecule has 1 nitrogen and oxygen atoms in total. The normalized spacial score (nSPS) is 38.2. The topological polar surface area (TPSA) is 17.1 Å². The number of carbonyl (C=O) groups excluding carboxylic acids is 1. The van der Waals surface area contributed by atoms with Crippen LogP contribution in [-0.4, -0.2) is 5.78 Å². The van der Waals surface area contributed by atoms with E-state index < -0.39 is 0 Å². The molecule has 0 spiro atoms. The van der Waals surface area contributed by atoms with Crippen LogP contribution in [0.1, 0.15) is 34.1 Å². The number of rotatable bonds is 0. The third-order valence-corrected chi connectivity index (χ3v) is 4.07. The zero-order valence-electron chi connectivity index (χ0n) is 8.27. The van der Waals surface area contributed by atoms with Gasteiger partial charge in [0.05, 0.1) is 0 Å². The molecule has 12 heavy (non-hydrogen) atoms. The van der Waals surface area contributed by atoms with E-state index in [0.29, 0.717) is 17.6 Å². The standard InChI is InChI=1S/C11H16O/c1-6-7(2)10(12)9-5-8(6)11(9,3)4/h8-9H,5H2,1-4H3/t8-,9?/m0/s1. The maximum atomic E-state index is 11.7. The number of carbonyl (C=O) groups is 1. The van der Waals surface area contributed by atoms with E-state index in [9.17, 15) is 4.79 Å². The molecule has 0 aliphatic heterocycles. The van der Waals surface area contributed by atoms with Gasteiger partial charge in [-0.15, -0.1) is 0 Å². The van der Waals surface area contributed by atoms with Crippen molar-refractivity contribution in [3.8, 4) is 0 Å². The summed E-state index contributed by atoms with van der Waals surface area (Å²) in [7, 11) is 0. The minimum Gasteiger partial charge on any atom is -0.294 e. The average molecular weight is 164 g/mol. The van der Waals surface area contributed by atoms with Crippen molar-refractivity contribution in [3.05, 3.63) is 11.1 Å². The summed E-state index contributed by atoms with van der Waals surface area (Å²) in [6.07, 6.45) is 1.11. The first-order chi connectivity index (χ1) is 5.46. The Labute approximate surface area is 73.8 Å². The van der Waals surface area contributed by atoms with E-state index in [-0.39, 0.29) is 5.41 Å². The van der Waals surface area contributed by atoms with Crippen molar-refractivity contribution >= 4 is 5.78 Å². The van der Waals surface area contributed by atoms with Gasteiger partial charge in [0.2, 0.25) is 0 Å². The fraction of sp³-hybridized carbons (Fsp3) is 0.727. The third-order valence-electron chi connectivity index (χ3n) is 4.07. The van der Waals surface area contributed by atoms with Gasteiger partial charge >= 0.3 is 0 Å². The highest BCUT2D eigenvalue weighted by Crippen LogP contribution is 2.59. The highest BCUT2D eigenvalue weighted by atomic mass is 16.1. The van der Waals surface area contributed by atoms with Crippen molar-refractivity contribution in [2.75, 3.05) is 0 Å². The van der Waals surface area contributed by atoms with Crippen LogP contribution in [0.5, 0.6) is 0 Å². The molecule has 3 rings (SSSR count). The summed E-state index contributed by atoms with van der Waals surface area (Å²) >= 11 is 0. The molecule has 66 valence electrons. The molecule has 0 aromatic carbocycles. The fourth-order valence-corrected chi connectivity index (χ4v) is 2.82. The number of allylic oxidation sites excluding steroid dienone is 2. The molecular formula is C11H16O. The van der Waals surface area contributed by atoms with Gasteiger partial charge in [-0.05, 0) is 37.2 Å². The molecule has 0 radical (unpaired) electrons. The minimum atomic E-state index is 0.251. The van der Waals surface area contributed by atoms with Crippen LogP contribution in [0, 0.1) is 17.3 Å². The van der Waals surface area contributed by atoms with E-state index >= 15 is 0 Å². The van der Waals surface area contributed by atoms with Crippen LogP contribution in [0.3, 0.4) is 0 Å². The van der Waals surface area contributed by atoms with Crippen molar-refractivity contribution in [2.45, 2.75) is 34.1 Å². The summed E-state index contributed by atoms with van der Waals surface area (Å²) in [4.78, 5) is 11.7. The van der Waals surface area contributed by atoms with Gasteiger partial charge in [0, 0.05) is 5.92 Å². The van der Waals surface area contributed by atoms with Crippen molar-refractivity contribution in [1.82, 2.24) is 0 Å². The lowest BCUT2D eigenvalue weighted by molar-refractivity contribution is -0.135. The highest BCUT2D eigenvalue weighted by Gasteiger charge is 2.55. The van der Waals surface area contributed by atoms with E-state index in [2.05, 4.69) is 20.8 Å². The molecule has 3 aliphatic carbocycles. The average Bonchev–Trinajstić information content (AvgIpc) is 1.98. The lowest BCUT2D eigenvalue weighted by Gasteiger charge is -2.56. The number of ketones is 1. The summed E-state index contributed by atoms with van der Waals surface area (Å²) in [5.74, 6) is 1.41. The molecule has 1 heteroatoms. The molecule has 2 atom stereocenters. The van der Waals surface area contributed by atoms with Crippen molar-refractivity contribution in [3.63, 3.8) is 0 Å². The van der Waals surface area contributed by atoms with Gasteiger partial charge in [-0.1, -0.05) is 19.4 Å². The largest absolute Gasteiger partial charge is 0.294 e. The predicted molar refractivity (Wildman–Crippen MR) is 48.8 cm³/mol. The molecule has 0 N–H and O–H groups in total. The second kappa shape index (κ2) is 2.01. The predicted octanol–water partition coefficient (Wildman–Crippen LogP) is 2.57. The second-order valence-corrected chi connectivity index (χ2v) is 4.83. The summed E-state index contributed by atoms with van der Waals surface area (Å²) in [6.45, 7) is 8.54. The molecule has 0 aromatic heterocycles. The maximum Gasteiger partial charge on any atom is 0.162 e. The summed E-state index contributed by atoms with van der Waals surface area (Å²) < 4.78 is 0. The highest BCUT2D eigenvalue weighted by molar-refractivity contribution is 6.00. The molecule has 0 heterocycles. The van der Waals surface area contributed by atoms with E-state index in [1.807, 2.05) is 6.92 Å². The smallest absolute Gasteiger partial charge is 0.162 e. The number of Topliss-reactive ketones (excluding diaryl/α,β-unsaturated/α-hetero) is 1. The first kappa shape index (κ1) is 8.03. The van der Waals surface area contributed by atoms with E-state index in [4.69, 9.17) is 0 Å².